The lowest BCUT2D eigenvalue weighted by Gasteiger charge is -2.03. The Labute approximate surface area is 71.6 Å². The number of aliphatic hydroxyl groups is 1. The van der Waals surface area contributed by atoms with Crippen molar-refractivity contribution in [3.05, 3.63) is 17.8 Å². The van der Waals surface area contributed by atoms with E-state index in [9.17, 15) is 0 Å². The second kappa shape index (κ2) is 4.23. The quantitative estimate of drug-likeness (QED) is 0.689. The maximum absolute atomic E-state index is 8.92. The van der Waals surface area contributed by atoms with Crippen LogP contribution in [0.15, 0.2) is 10.6 Å². The summed E-state index contributed by atoms with van der Waals surface area (Å²) >= 11 is 0. The van der Waals surface area contributed by atoms with E-state index in [0.717, 1.165) is 5.76 Å². The SMILES string of the molecule is Cc1cnc(CNC[C@@H](C)O)o1. The van der Waals surface area contributed by atoms with Crippen LogP contribution in [-0.4, -0.2) is 22.7 Å². The van der Waals surface area contributed by atoms with Crippen molar-refractivity contribution in [2.45, 2.75) is 26.5 Å². The normalized spacial score (nSPS) is 13.2. The summed E-state index contributed by atoms with van der Waals surface area (Å²) in [6, 6.07) is 0. The summed E-state index contributed by atoms with van der Waals surface area (Å²) in [5.74, 6) is 1.47. The van der Waals surface area contributed by atoms with Crippen LogP contribution in [0.4, 0.5) is 0 Å². The number of nitrogens with one attached hydrogen (secondary N) is 1. The van der Waals surface area contributed by atoms with Crippen LogP contribution in [0.3, 0.4) is 0 Å². The van der Waals surface area contributed by atoms with Gasteiger partial charge in [-0.05, 0) is 13.8 Å². The number of aromatic nitrogens is 1. The largest absolute Gasteiger partial charge is 0.445 e. The molecule has 0 unspecified atom stereocenters. The number of hydrogen-bond donors (Lipinski definition) is 2. The van der Waals surface area contributed by atoms with Crippen molar-refractivity contribution >= 4 is 0 Å². The molecule has 1 aromatic heterocycles. The molecule has 0 bridgehead atoms. The monoisotopic (exact) mass is 170 g/mol. The summed E-state index contributed by atoms with van der Waals surface area (Å²) in [5.41, 5.74) is 0. The molecule has 0 radical (unpaired) electrons. The van der Waals surface area contributed by atoms with Gasteiger partial charge in [-0.3, -0.25) is 0 Å². The third-order valence-electron chi connectivity index (χ3n) is 1.39. The molecule has 0 saturated heterocycles. The molecule has 0 aliphatic heterocycles. The summed E-state index contributed by atoms with van der Waals surface area (Å²) in [4.78, 5) is 4.00. The first-order valence-corrected chi connectivity index (χ1v) is 3.98. The molecule has 12 heavy (non-hydrogen) atoms. The van der Waals surface area contributed by atoms with Crippen LogP contribution in [0.5, 0.6) is 0 Å². The average Bonchev–Trinajstić information content (AvgIpc) is 2.35. The Morgan fingerprint density at radius 3 is 3.00 bits per heavy atom. The number of aliphatic hydroxyl groups excluding tert-OH is 1. The van der Waals surface area contributed by atoms with Gasteiger partial charge in [-0.25, -0.2) is 4.98 Å². The zero-order valence-electron chi connectivity index (χ0n) is 7.37. The van der Waals surface area contributed by atoms with Crippen LogP contribution >= 0.6 is 0 Å². The molecule has 1 atom stereocenters. The molecule has 1 heterocycles. The second-order valence-corrected chi connectivity index (χ2v) is 2.84. The molecule has 4 heteroatoms. The molecular formula is C8H14N2O2. The Morgan fingerprint density at radius 1 is 1.75 bits per heavy atom. The zero-order chi connectivity index (χ0) is 8.97. The van der Waals surface area contributed by atoms with Crippen molar-refractivity contribution in [1.82, 2.24) is 10.3 Å². The van der Waals surface area contributed by atoms with E-state index in [1.54, 1.807) is 13.1 Å². The van der Waals surface area contributed by atoms with Crippen molar-refractivity contribution in [3.8, 4) is 0 Å². The Morgan fingerprint density at radius 2 is 2.50 bits per heavy atom. The second-order valence-electron chi connectivity index (χ2n) is 2.84. The molecule has 0 spiro atoms. The van der Waals surface area contributed by atoms with E-state index in [4.69, 9.17) is 9.52 Å². The van der Waals surface area contributed by atoms with Crippen LogP contribution in [0, 0.1) is 6.92 Å². The summed E-state index contributed by atoms with van der Waals surface area (Å²) in [5, 5.41) is 11.9. The molecule has 2 N–H and O–H groups in total. The number of rotatable bonds is 4. The highest BCUT2D eigenvalue weighted by atomic mass is 16.4. The molecule has 1 rings (SSSR count). The first-order valence-electron chi connectivity index (χ1n) is 3.98. The van der Waals surface area contributed by atoms with E-state index in [2.05, 4.69) is 10.3 Å². The average molecular weight is 170 g/mol. The molecule has 0 aliphatic rings. The Balaban J connectivity index is 2.24. The van der Waals surface area contributed by atoms with Gasteiger partial charge < -0.3 is 14.8 Å². The summed E-state index contributed by atoms with van der Waals surface area (Å²) in [7, 11) is 0. The van der Waals surface area contributed by atoms with Gasteiger partial charge in [-0.2, -0.15) is 0 Å². The standard InChI is InChI=1S/C8H14N2O2/c1-6(11)3-9-5-8-10-4-7(2)12-8/h4,6,9,11H,3,5H2,1-2H3/t6-/m1/s1. The van der Waals surface area contributed by atoms with Crippen LogP contribution in [0.2, 0.25) is 0 Å². The fourth-order valence-electron chi connectivity index (χ4n) is 0.871. The molecule has 4 nitrogen and oxygen atoms in total. The zero-order valence-corrected chi connectivity index (χ0v) is 7.37. The predicted molar refractivity (Wildman–Crippen MR) is 44.6 cm³/mol. The molecule has 68 valence electrons. The minimum absolute atomic E-state index is 0.332. The summed E-state index contributed by atoms with van der Waals surface area (Å²) in [6.07, 6.45) is 1.35. The van der Waals surface area contributed by atoms with Gasteiger partial charge >= 0.3 is 0 Å². The Hall–Kier alpha value is -0.870. The van der Waals surface area contributed by atoms with Crippen LogP contribution in [0.1, 0.15) is 18.6 Å². The Bertz CT molecular complexity index is 233. The lowest BCUT2D eigenvalue weighted by molar-refractivity contribution is 0.189. The maximum atomic E-state index is 8.92. The van der Waals surface area contributed by atoms with Crippen LogP contribution < -0.4 is 5.32 Å². The van der Waals surface area contributed by atoms with Gasteiger partial charge in [-0.15, -0.1) is 0 Å². The lowest BCUT2D eigenvalue weighted by atomic mass is 10.4. The van der Waals surface area contributed by atoms with Gasteiger partial charge in [0.15, 0.2) is 0 Å². The van der Waals surface area contributed by atoms with Gasteiger partial charge in [-0.1, -0.05) is 0 Å². The van der Waals surface area contributed by atoms with Gasteiger partial charge in [0.2, 0.25) is 5.89 Å². The van der Waals surface area contributed by atoms with Crippen LogP contribution in [0.25, 0.3) is 0 Å². The molecule has 0 fully saturated rings. The molecular weight excluding hydrogens is 156 g/mol. The van der Waals surface area contributed by atoms with Gasteiger partial charge in [0.25, 0.3) is 0 Å². The number of hydrogen-bond acceptors (Lipinski definition) is 4. The maximum Gasteiger partial charge on any atom is 0.208 e. The molecule has 0 amide bonds. The van der Waals surface area contributed by atoms with Crippen molar-refractivity contribution in [1.29, 1.82) is 0 Å². The van der Waals surface area contributed by atoms with Crippen molar-refractivity contribution < 1.29 is 9.52 Å². The predicted octanol–water partition coefficient (Wildman–Crippen LogP) is 0.453. The molecule has 0 saturated carbocycles. The Kier molecular flexibility index (Phi) is 3.25. The topological polar surface area (TPSA) is 58.3 Å². The van der Waals surface area contributed by atoms with E-state index in [1.165, 1.54) is 0 Å². The number of oxazole rings is 1. The highest BCUT2D eigenvalue weighted by Crippen LogP contribution is 2.00. The van der Waals surface area contributed by atoms with E-state index in [0.29, 0.717) is 19.0 Å². The summed E-state index contributed by atoms with van der Waals surface area (Å²) in [6.45, 7) is 4.71. The van der Waals surface area contributed by atoms with Gasteiger partial charge in [0, 0.05) is 6.54 Å². The minimum Gasteiger partial charge on any atom is -0.445 e. The van der Waals surface area contributed by atoms with Gasteiger partial charge in [0.05, 0.1) is 18.8 Å². The molecule has 1 aromatic rings. The molecule has 0 aromatic carbocycles. The van der Waals surface area contributed by atoms with Crippen molar-refractivity contribution in [3.63, 3.8) is 0 Å². The number of aryl methyl sites for hydroxylation is 1. The fourth-order valence-corrected chi connectivity index (χ4v) is 0.871. The smallest absolute Gasteiger partial charge is 0.208 e. The highest BCUT2D eigenvalue weighted by Gasteiger charge is 2.00. The van der Waals surface area contributed by atoms with Crippen molar-refractivity contribution in [2.24, 2.45) is 0 Å². The first-order chi connectivity index (χ1) is 5.68. The van der Waals surface area contributed by atoms with E-state index < -0.39 is 0 Å². The van der Waals surface area contributed by atoms with E-state index in [-0.39, 0.29) is 6.10 Å². The minimum atomic E-state index is -0.332. The lowest BCUT2D eigenvalue weighted by Crippen LogP contribution is -2.23. The first kappa shape index (κ1) is 9.22. The summed E-state index contributed by atoms with van der Waals surface area (Å²) < 4.78 is 5.21. The highest BCUT2D eigenvalue weighted by molar-refractivity contribution is 4.90. The third-order valence-corrected chi connectivity index (χ3v) is 1.39. The van der Waals surface area contributed by atoms with Gasteiger partial charge in [0.1, 0.15) is 5.76 Å². The number of nitrogens with zero attached hydrogens (tertiary/aromatic N) is 1. The van der Waals surface area contributed by atoms with E-state index >= 15 is 0 Å². The fraction of sp³-hybridized carbons (Fsp3) is 0.625. The van der Waals surface area contributed by atoms with E-state index in [1.807, 2.05) is 6.92 Å². The van der Waals surface area contributed by atoms with Crippen molar-refractivity contribution in [2.75, 3.05) is 6.54 Å². The molecule has 0 aliphatic carbocycles. The van der Waals surface area contributed by atoms with Crippen LogP contribution in [-0.2, 0) is 6.54 Å². The third kappa shape index (κ3) is 3.02.